The van der Waals surface area contributed by atoms with E-state index in [1.54, 1.807) is 23.9 Å². The van der Waals surface area contributed by atoms with Crippen molar-refractivity contribution < 1.29 is 10.2 Å². The van der Waals surface area contributed by atoms with Crippen molar-refractivity contribution in [1.82, 2.24) is 9.97 Å². The minimum Gasteiger partial charge on any atom is -0.504 e. The topological polar surface area (TPSA) is 78.3 Å². The smallest absolute Gasteiger partial charge is 0.167 e. The predicted molar refractivity (Wildman–Crippen MR) is 94.8 cm³/mol. The summed E-state index contributed by atoms with van der Waals surface area (Å²) in [5, 5.41) is 22.7. The Morgan fingerprint density at radius 2 is 1.96 bits per heavy atom. The van der Waals surface area contributed by atoms with Crippen molar-refractivity contribution >= 4 is 39.5 Å². The SMILES string of the molecule is CNc1ccc(/C=C/C=C/c2c(O)c(O)cc3scnc23)cn1. The fourth-order valence-corrected chi connectivity index (χ4v) is 2.86. The molecule has 0 spiro atoms. The Bertz CT molecular complexity index is 883. The second-order valence-electron chi connectivity index (χ2n) is 4.80. The van der Waals surface area contributed by atoms with Crippen LogP contribution in [0.1, 0.15) is 11.1 Å². The van der Waals surface area contributed by atoms with Crippen LogP contribution in [0.2, 0.25) is 0 Å². The maximum Gasteiger partial charge on any atom is 0.167 e. The molecule has 0 aliphatic heterocycles. The lowest BCUT2D eigenvalue weighted by Gasteiger charge is -2.02. The number of pyridine rings is 1. The molecule has 0 atom stereocenters. The van der Waals surface area contributed by atoms with Crippen LogP contribution in [0, 0.1) is 0 Å². The van der Waals surface area contributed by atoms with Crippen LogP contribution >= 0.6 is 11.3 Å². The molecule has 5 nitrogen and oxygen atoms in total. The van der Waals surface area contributed by atoms with E-state index in [1.807, 2.05) is 31.3 Å². The summed E-state index contributed by atoms with van der Waals surface area (Å²) < 4.78 is 0.829. The average molecular weight is 325 g/mol. The van der Waals surface area contributed by atoms with Crippen molar-refractivity contribution in [2.45, 2.75) is 0 Å². The van der Waals surface area contributed by atoms with Crippen molar-refractivity contribution in [3.05, 3.63) is 53.2 Å². The van der Waals surface area contributed by atoms with E-state index < -0.39 is 0 Å². The van der Waals surface area contributed by atoms with E-state index >= 15 is 0 Å². The lowest BCUT2D eigenvalue weighted by Crippen LogP contribution is -1.90. The summed E-state index contributed by atoms with van der Waals surface area (Å²) in [6.07, 6.45) is 9.03. The molecule has 2 aromatic heterocycles. The van der Waals surface area contributed by atoms with E-state index in [9.17, 15) is 10.2 Å². The molecule has 2 heterocycles. The highest BCUT2D eigenvalue weighted by Crippen LogP contribution is 2.37. The van der Waals surface area contributed by atoms with E-state index in [4.69, 9.17) is 0 Å². The van der Waals surface area contributed by atoms with Gasteiger partial charge in [-0.05, 0) is 23.8 Å². The van der Waals surface area contributed by atoms with Crippen molar-refractivity contribution in [2.75, 3.05) is 12.4 Å². The van der Waals surface area contributed by atoms with Crippen LogP contribution < -0.4 is 5.32 Å². The molecule has 0 radical (unpaired) electrons. The molecule has 0 amide bonds. The Balaban J connectivity index is 1.83. The molecule has 0 aliphatic rings. The van der Waals surface area contributed by atoms with Gasteiger partial charge in [0.15, 0.2) is 11.5 Å². The number of phenolic OH excluding ortho intramolecular Hbond substituents is 2. The number of anilines is 1. The number of aromatic hydroxyl groups is 2. The summed E-state index contributed by atoms with van der Waals surface area (Å²) in [5.41, 5.74) is 3.84. The number of phenols is 2. The Labute approximate surface area is 137 Å². The van der Waals surface area contributed by atoms with Gasteiger partial charge in [0.2, 0.25) is 0 Å². The molecular formula is C17H15N3O2S. The van der Waals surface area contributed by atoms with Gasteiger partial charge in [0.1, 0.15) is 5.82 Å². The largest absolute Gasteiger partial charge is 0.504 e. The third-order valence-electron chi connectivity index (χ3n) is 3.32. The zero-order valence-electron chi connectivity index (χ0n) is 12.4. The van der Waals surface area contributed by atoms with Crippen molar-refractivity contribution in [1.29, 1.82) is 0 Å². The zero-order chi connectivity index (χ0) is 16.2. The number of aromatic nitrogens is 2. The third-order valence-corrected chi connectivity index (χ3v) is 4.10. The highest BCUT2D eigenvalue weighted by molar-refractivity contribution is 7.16. The van der Waals surface area contributed by atoms with E-state index in [0.717, 1.165) is 16.1 Å². The quantitative estimate of drug-likeness (QED) is 0.501. The number of benzene rings is 1. The first-order chi connectivity index (χ1) is 11.2. The molecule has 0 bridgehead atoms. The highest BCUT2D eigenvalue weighted by atomic mass is 32.1. The maximum atomic E-state index is 10.0. The molecule has 116 valence electrons. The number of hydrogen-bond acceptors (Lipinski definition) is 6. The summed E-state index contributed by atoms with van der Waals surface area (Å²) in [5.74, 6) is 0.513. The second-order valence-corrected chi connectivity index (χ2v) is 5.69. The maximum absolute atomic E-state index is 10.0. The lowest BCUT2D eigenvalue weighted by atomic mass is 10.1. The molecule has 23 heavy (non-hydrogen) atoms. The summed E-state index contributed by atoms with van der Waals surface area (Å²) >= 11 is 1.42. The van der Waals surface area contributed by atoms with Crippen LogP contribution in [0.4, 0.5) is 5.82 Å². The average Bonchev–Trinajstić information content (AvgIpc) is 3.03. The van der Waals surface area contributed by atoms with Gasteiger partial charge in [0.25, 0.3) is 0 Å². The van der Waals surface area contributed by atoms with Crippen LogP contribution in [0.5, 0.6) is 11.5 Å². The summed E-state index contributed by atoms with van der Waals surface area (Å²) in [7, 11) is 1.82. The van der Waals surface area contributed by atoms with Gasteiger partial charge in [0, 0.05) is 24.9 Å². The number of nitrogens with one attached hydrogen (secondary N) is 1. The van der Waals surface area contributed by atoms with Gasteiger partial charge < -0.3 is 15.5 Å². The van der Waals surface area contributed by atoms with Crippen molar-refractivity contribution in [3.8, 4) is 11.5 Å². The number of hydrogen-bond donors (Lipinski definition) is 3. The molecule has 3 aromatic rings. The van der Waals surface area contributed by atoms with Gasteiger partial charge in [-0.3, -0.25) is 0 Å². The molecule has 3 N–H and O–H groups in total. The first-order valence-corrected chi connectivity index (χ1v) is 7.83. The van der Waals surface area contributed by atoms with E-state index in [1.165, 1.54) is 17.4 Å². The molecule has 0 unspecified atom stereocenters. The Morgan fingerprint density at radius 1 is 1.13 bits per heavy atom. The van der Waals surface area contributed by atoms with Crippen molar-refractivity contribution in [2.24, 2.45) is 0 Å². The molecular weight excluding hydrogens is 310 g/mol. The summed E-state index contributed by atoms with van der Waals surface area (Å²) in [6, 6.07) is 5.36. The molecule has 0 fully saturated rings. The van der Waals surface area contributed by atoms with Crippen molar-refractivity contribution in [3.63, 3.8) is 0 Å². The van der Waals surface area contributed by atoms with E-state index in [2.05, 4.69) is 15.3 Å². The van der Waals surface area contributed by atoms with Crippen LogP contribution in [-0.4, -0.2) is 27.2 Å². The number of nitrogens with zero attached hydrogens (tertiary/aromatic N) is 2. The fourth-order valence-electron chi connectivity index (χ4n) is 2.13. The molecule has 0 saturated carbocycles. The predicted octanol–water partition coefficient (Wildman–Crippen LogP) is 3.87. The van der Waals surface area contributed by atoms with Crippen LogP contribution in [0.25, 0.3) is 22.4 Å². The lowest BCUT2D eigenvalue weighted by molar-refractivity contribution is 0.404. The highest BCUT2D eigenvalue weighted by Gasteiger charge is 2.11. The minimum atomic E-state index is -0.159. The standard InChI is InChI=1S/C17H15N3O2S/c1-18-15-7-6-11(9-19-15)4-2-3-5-12-16-14(23-10-20-16)8-13(21)17(12)22/h2-10,21-22H,1H3,(H,18,19)/b4-2+,5-3+. The summed E-state index contributed by atoms with van der Waals surface area (Å²) in [4.78, 5) is 8.46. The second kappa shape index (κ2) is 6.50. The molecule has 0 saturated heterocycles. The van der Waals surface area contributed by atoms with Crippen LogP contribution in [0.3, 0.4) is 0 Å². The third kappa shape index (κ3) is 3.17. The van der Waals surface area contributed by atoms with E-state index in [0.29, 0.717) is 11.1 Å². The summed E-state index contributed by atoms with van der Waals surface area (Å²) in [6.45, 7) is 0. The van der Waals surface area contributed by atoms with Gasteiger partial charge in [-0.25, -0.2) is 9.97 Å². The van der Waals surface area contributed by atoms with Gasteiger partial charge in [-0.1, -0.05) is 18.2 Å². The zero-order valence-corrected chi connectivity index (χ0v) is 13.2. The molecule has 6 heteroatoms. The van der Waals surface area contributed by atoms with Gasteiger partial charge in [0.05, 0.1) is 15.7 Å². The molecule has 1 aromatic carbocycles. The van der Waals surface area contributed by atoms with Crippen LogP contribution in [0.15, 0.2) is 42.1 Å². The Morgan fingerprint density at radius 3 is 2.70 bits per heavy atom. The normalized spacial score (nSPS) is 11.7. The van der Waals surface area contributed by atoms with Gasteiger partial charge in [-0.15, -0.1) is 11.3 Å². The first-order valence-electron chi connectivity index (χ1n) is 6.95. The number of allylic oxidation sites excluding steroid dienone is 2. The van der Waals surface area contributed by atoms with Gasteiger partial charge in [-0.2, -0.15) is 0 Å². The van der Waals surface area contributed by atoms with Crippen LogP contribution in [-0.2, 0) is 0 Å². The Kier molecular flexibility index (Phi) is 4.25. The number of fused-ring (bicyclic) bond motifs is 1. The molecule has 3 rings (SSSR count). The minimum absolute atomic E-state index is 0.141. The Hall–Kier alpha value is -2.86. The molecule has 0 aliphatic carbocycles. The van der Waals surface area contributed by atoms with Gasteiger partial charge >= 0.3 is 0 Å². The first kappa shape index (κ1) is 15.1. The number of rotatable bonds is 4. The fraction of sp³-hybridized carbons (Fsp3) is 0.0588. The van der Waals surface area contributed by atoms with E-state index in [-0.39, 0.29) is 11.5 Å². The monoisotopic (exact) mass is 325 g/mol. The number of thiazole rings is 1.